The number of halogens is 1. The number of carboxylic acid groups (broad SMARTS) is 1. The fourth-order valence-corrected chi connectivity index (χ4v) is 3.62. The highest BCUT2D eigenvalue weighted by Crippen LogP contribution is 2.34. The van der Waals surface area contributed by atoms with Crippen molar-refractivity contribution in [1.82, 2.24) is 19.9 Å². The number of rotatable bonds is 5. The molecule has 1 atom stereocenters. The number of pyridine rings is 1. The van der Waals surface area contributed by atoms with Crippen LogP contribution >= 0.6 is 11.6 Å². The van der Waals surface area contributed by atoms with Crippen molar-refractivity contribution in [2.45, 2.75) is 39.1 Å². The number of alkyl halides is 1. The molecule has 1 amide bonds. The number of hydrogen-bond acceptors (Lipinski definition) is 3. The Morgan fingerprint density at radius 1 is 1.31 bits per heavy atom. The van der Waals surface area contributed by atoms with E-state index in [1.54, 1.807) is 6.20 Å². The van der Waals surface area contributed by atoms with Crippen LogP contribution in [0.5, 0.6) is 0 Å². The van der Waals surface area contributed by atoms with E-state index in [0.717, 1.165) is 34.2 Å². The van der Waals surface area contributed by atoms with Gasteiger partial charge < -0.3 is 15.0 Å². The summed E-state index contributed by atoms with van der Waals surface area (Å²) >= 11 is 6.19. The van der Waals surface area contributed by atoms with Gasteiger partial charge in [0.15, 0.2) is 0 Å². The molecule has 2 aromatic heterocycles. The molecule has 2 heterocycles. The molecule has 7 heteroatoms. The molecule has 0 aliphatic heterocycles. The summed E-state index contributed by atoms with van der Waals surface area (Å²) in [6.45, 7) is 6.71. The van der Waals surface area contributed by atoms with Crippen molar-refractivity contribution in [3.05, 3.63) is 36.3 Å². The molecule has 0 radical (unpaired) electrons. The van der Waals surface area contributed by atoms with E-state index in [0.29, 0.717) is 6.54 Å². The van der Waals surface area contributed by atoms with Gasteiger partial charge in [0.25, 0.3) is 0 Å². The summed E-state index contributed by atoms with van der Waals surface area (Å²) in [5.41, 5.74) is 2.61. The number of para-hydroxylation sites is 1. The zero-order valence-corrected chi connectivity index (χ0v) is 15.9. The Morgan fingerprint density at radius 2 is 2.04 bits per heavy atom. The zero-order chi connectivity index (χ0) is 18.9. The highest BCUT2D eigenvalue weighted by molar-refractivity contribution is 6.17. The number of benzene rings is 1. The highest BCUT2D eigenvalue weighted by atomic mass is 35.5. The third-order valence-corrected chi connectivity index (χ3v) is 4.56. The number of fused-ring (bicyclic) bond motifs is 3. The number of amides is 1. The second kappa shape index (κ2) is 7.11. The minimum atomic E-state index is -1.03. The average Bonchev–Trinajstić information content (AvgIpc) is 2.96. The van der Waals surface area contributed by atoms with Crippen molar-refractivity contribution in [2.75, 3.05) is 6.54 Å². The van der Waals surface area contributed by atoms with Gasteiger partial charge in [0.1, 0.15) is 11.3 Å². The van der Waals surface area contributed by atoms with Gasteiger partial charge in [-0.05, 0) is 17.9 Å². The molecule has 26 heavy (non-hydrogen) atoms. The van der Waals surface area contributed by atoms with Crippen LogP contribution in [0.15, 0.2) is 30.5 Å². The average molecular weight is 375 g/mol. The van der Waals surface area contributed by atoms with Crippen LogP contribution in [0.4, 0.5) is 4.79 Å². The molecule has 0 spiro atoms. The third-order valence-electron chi connectivity index (χ3n) is 4.32. The molecular formula is C19H23ClN4O2. The van der Waals surface area contributed by atoms with E-state index in [-0.39, 0.29) is 17.3 Å². The third kappa shape index (κ3) is 3.75. The van der Waals surface area contributed by atoms with Crippen LogP contribution in [0.2, 0.25) is 0 Å². The van der Waals surface area contributed by atoms with E-state index in [9.17, 15) is 4.79 Å². The van der Waals surface area contributed by atoms with Gasteiger partial charge in [-0.15, -0.1) is 11.6 Å². The van der Waals surface area contributed by atoms with Gasteiger partial charge in [-0.2, -0.15) is 0 Å². The van der Waals surface area contributed by atoms with Gasteiger partial charge in [-0.3, -0.25) is 4.98 Å². The molecule has 0 saturated carbocycles. The van der Waals surface area contributed by atoms with Gasteiger partial charge in [0, 0.05) is 11.9 Å². The molecule has 0 aliphatic rings. The Balaban J connectivity index is 2.23. The van der Waals surface area contributed by atoms with Gasteiger partial charge in [-0.25, -0.2) is 9.78 Å². The molecule has 0 aliphatic carbocycles. The fraction of sp³-hybridized carbons (Fsp3) is 0.421. The fourth-order valence-electron chi connectivity index (χ4n) is 3.43. The van der Waals surface area contributed by atoms with Crippen LogP contribution in [0, 0.1) is 5.41 Å². The van der Waals surface area contributed by atoms with E-state index in [4.69, 9.17) is 16.7 Å². The van der Waals surface area contributed by atoms with E-state index < -0.39 is 6.09 Å². The van der Waals surface area contributed by atoms with Crippen molar-refractivity contribution >= 4 is 39.6 Å². The van der Waals surface area contributed by atoms with Crippen LogP contribution in [0.3, 0.4) is 0 Å². The number of nitrogens with zero attached hydrogens (tertiary/aromatic N) is 3. The SMILES string of the molecule is CC(C)(C)C[C@H](CNC(=O)O)n1c(CCl)nc2cnc3ccccc3c21. The Labute approximate surface area is 157 Å². The Bertz CT molecular complexity index is 946. The first-order valence-electron chi connectivity index (χ1n) is 8.57. The first-order valence-corrected chi connectivity index (χ1v) is 9.11. The van der Waals surface area contributed by atoms with Gasteiger partial charge in [0.05, 0.1) is 29.2 Å². The molecule has 0 saturated heterocycles. The summed E-state index contributed by atoms with van der Waals surface area (Å²) in [4.78, 5) is 20.2. The molecule has 6 nitrogen and oxygen atoms in total. The number of carbonyl (C=O) groups is 1. The molecular weight excluding hydrogens is 352 g/mol. The quantitative estimate of drug-likeness (QED) is 0.641. The maximum Gasteiger partial charge on any atom is 0.404 e. The molecule has 3 aromatic rings. The van der Waals surface area contributed by atoms with Crippen molar-refractivity contribution in [3.8, 4) is 0 Å². The van der Waals surface area contributed by atoms with Crippen LogP contribution in [-0.2, 0) is 5.88 Å². The lowest BCUT2D eigenvalue weighted by Gasteiger charge is -2.28. The minimum absolute atomic E-state index is 0.00780. The van der Waals surface area contributed by atoms with E-state index >= 15 is 0 Å². The predicted octanol–water partition coefficient (Wildman–Crippen LogP) is 4.57. The van der Waals surface area contributed by atoms with Gasteiger partial charge in [-0.1, -0.05) is 39.0 Å². The monoisotopic (exact) mass is 374 g/mol. The first kappa shape index (κ1) is 18.5. The normalized spacial score (nSPS) is 13.2. The number of hydrogen-bond donors (Lipinski definition) is 2. The van der Waals surface area contributed by atoms with Crippen LogP contribution in [0.25, 0.3) is 21.9 Å². The van der Waals surface area contributed by atoms with Gasteiger partial charge >= 0.3 is 6.09 Å². The van der Waals surface area contributed by atoms with Crippen LogP contribution in [-0.4, -0.2) is 32.3 Å². The number of aromatic nitrogens is 3. The lowest BCUT2D eigenvalue weighted by atomic mass is 9.87. The summed E-state index contributed by atoms with van der Waals surface area (Å²) in [6, 6.07) is 7.79. The largest absolute Gasteiger partial charge is 0.465 e. The summed E-state index contributed by atoms with van der Waals surface area (Å²) in [7, 11) is 0. The lowest BCUT2D eigenvalue weighted by Crippen LogP contribution is -2.32. The smallest absolute Gasteiger partial charge is 0.404 e. The molecule has 0 fully saturated rings. The van der Waals surface area contributed by atoms with E-state index in [2.05, 4.69) is 40.6 Å². The van der Waals surface area contributed by atoms with Crippen molar-refractivity contribution in [3.63, 3.8) is 0 Å². The second-order valence-electron chi connectivity index (χ2n) is 7.65. The van der Waals surface area contributed by atoms with Crippen LogP contribution in [0.1, 0.15) is 39.1 Å². The molecule has 3 rings (SSSR count). The Morgan fingerprint density at radius 3 is 2.69 bits per heavy atom. The molecule has 1 aromatic carbocycles. The molecule has 0 bridgehead atoms. The van der Waals surface area contributed by atoms with Crippen molar-refractivity contribution in [2.24, 2.45) is 5.41 Å². The van der Waals surface area contributed by atoms with E-state index in [1.165, 1.54) is 0 Å². The molecule has 138 valence electrons. The standard InChI is InChI=1S/C19H23ClN4O2/c1-19(2,3)8-12(10-22-18(25)26)24-16(9-20)23-15-11-21-14-7-5-4-6-13(14)17(15)24/h4-7,11-12,22H,8-10H2,1-3H3,(H,25,26)/t12-/m1/s1. The van der Waals surface area contributed by atoms with Crippen molar-refractivity contribution < 1.29 is 9.90 Å². The number of imidazole rings is 1. The Kier molecular flexibility index (Phi) is 5.05. The second-order valence-corrected chi connectivity index (χ2v) is 7.91. The topological polar surface area (TPSA) is 80.0 Å². The summed E-state index contributed by atoms with van der Waals surface area (Å²) < 4.78 is 2.09. The van der Waals surface area contributed by atoms with Gasteiger partial charge in [0.2, 0.25) is 0 Å². The van der Waals surface area contributed by atoms with E-state index in [1.807, 2.05) is 24.3 Å². The number of nitrogens with one attached hydrogen (secondary N) is 1. The zero-order valence-electron chi connectivity index (χ0n) is 15.2. The summed E-state index contributed by atoms with van der Waals surface area (Å²) in [5, 5.41) is 12.6. The molecule has 0 unspecified atom stereocenters. The van der Waals surface area contributed by atoms with Crippen molar-refractivity contribution in [1.29, 1.82) is 0 Å². The maximum absolute atomic E-state index is 11.1. The summed E-state index contributed by atoms with van der Waals surface area (Å²) in [5.74, 6) is 0.970. The lowest BCUT2D eigenvalue weighted by molar-refractivity contribution is 0.189. The Hall–Kier alpha value is -2.34. The first-order chi connectivity index (χ1) is 12.3. The minimum Gasteiger partial charge on any atom is -0.465 e. The molecule has 2 N–H and O–H groups in total. The predicted molar refractivity (Wildman–Crippen MR) is 104 cm³/mol. The highest BCUT2D eigenvalue weighted by Gasteiger charge is 2.25. The summed E-state index contributed by atoms with van der Waals surface area (Å²) in [6.07, 6.45) is 1.50. The van der Waals surface area contributed by atoms with Crippen LogP contribution < -0.4 is 5.32 Å². The maximum atomic E-state index is 11.1.